The molecule has 100 valence electrons. The van der Waals surface area contributed by atoms with Crippen LogP contribution >= 0.6 is 31.9 Å². The molecule has 0 saturated heterocycles. The molecule has 0 N–H and O–H groups in total. The number of ether oxygens (including phenoxy) is 1. The summed E-state index contributed by atoms with van der Waals surface area (Å²) in [7, 11) is 0. The Labute approximate surface area is 127 Å². The van der Waals surface area contributed by atoms with Gasteiger partial charge in [-0.3, -0.25) is 4.79 Å². The Bertz CT molecular complexity index is 575. The van der Waals surface area contributed by atoms with Crippen molar-refractivity contribution in [3.63, 3.8) is 0 Å². The lowest BCUT2D eigenvalue weighted by Crippen LogP contribution is -2.07. The molecule has 0 aliphatic heterocycles. The first-order valence-corrected chi connectivity index (χ1v) is 7.18. The summed E-state index contributed by atoms with van der Waals surface area (Å²) in [6.07, 6.45) is 2.29. The van der Waals surface area contributed by atoms with Crippen molar-refractivity contribution in [2.75, 3.05) is 0 Å². The smallest absolute Gasteiger partial charge is 0.164 e. The maximum absolute atomic E-state index is 10.7. The first kappa shape index (κ1) is 14.2. The average Bonchev–Trinajstić information content (AvgIpc) is 2.85. The van der Waals surface area contributed by atoms with E-state index in [9.17, 15) is 4.79 Å². The van der Waals surface area contributed by atoms with E-state index in [-0.39, 0.29) is 0 Å². The molecule has 0 unspecified atom stereocenters. The van der Waals surface area contributed by atoms with Crippen LogP contribution < -0.4 is 4.74 Å². The summed E-state index contributed by atoms with van der Waals surface area (Å²) in [6, 6.07) is 3.41. The number of aldehydes is 1. The molecule has 0 atom stereocenters. The van der Waals surface area contributed by atoms with Crippen LogP contribution in [0.15, 0.2) is 27.4 Å². The highest BCUT2D eigenvalue weighted by atomic mass is 79.9. The zero-order valence-electron chi connectivity index (χ0n) is 10.1. The standard InChI is InChI=1S/C12H11Br2N3O2/c1-2-17-11(15-7-16-17)6-19-12-9(13)3-8(5-18)4-10(12)14/h3-5,7H,2,6H2,1H3. The number of aryl methyl sites for hydroxylation is 1. The van der Waals surface area contributed by atoms with Crippen LogP contribution in [0.25, 0.3) is 0 Å². The fourth-order valence-electron chi connectivity index (χ4n) is 1.59. The highest BCUT2D eigenvalue weighted by Gasteiger charge is 2.11. The van der Waals surface area contributed by atoms with Gasteiger partial charge >= 0.3 is 0 Å². The third-order valence-corrected chi connectivity index (χ3v) is 3.68. The van der Waals surface area contributed by atoms with E-state index in [2.05, 4.69) is 41.9 Å². The molecule has 0 bridgehead atoms. The molecule has 5 nitrogen and oxygen atoms in total. The SMILES string of the molecule is CCn1ncnc1COc1c(Br)cc(C=O)cc1Br. The van der Waals surface area contributed by atoms with Crippen LogP contribution in [0, 0.1) is 0 Å². The van der Waals surface area contributed by atoms with Gasteiger partial charge in [-0.2, -0.15) is 5.10 Å². The van der Waals surface area contributed by atoms with E-state index in [1.165, 1.54) is 6.33 Å². The van der Waals surface area contributed by atoms with Crippen molar-refractivity contribution in [1.82, 2.24) is 14.8 Å². The Balaban J connectivity index is 2.18. The number of halogens is 2. The van der Waals surface area contributed by atoms with Gasteiger partial charge in [0.25, 0.3) is 0 Å². The van der Waals surface area contributed by atoms with Gasteiger partial charge in [-0.15, -0.1) is 0 Å². The molecule has 0 saturated carbocycles. The largest absolute Gasteiger partial charge is 0.483 e. The van der Waals surface area contributed by atoms with E-state index >= 15 is 0 Å². The van der Waals surface area contributed by atoms with Gasteiger partial charge in [0, 0.05) is 12.1 Å². The van der Waals surface area contributed by atoms with Crippen LogP contribution in [0.2, 0.25) is 0 Å². The Morgan fingerprint density at radius 2 is 2.05 bits per heavy atom. The minimum atomic E-state index is 0.311. The molecule has 0 spiro atoms. The fraction of sp³-hybridized carbons (Fsp3) is 0.250. The normalized spacial score (nSPS) is 10.5. The molecule has 2 rings (SSSR count). The van der Waals surface area contributed by atoms with Crippen LogP contribution in [0.4, 0.5) is 0 Å². The minimum absolute atomic E-state index is 0.311. The predicted octanol–water partition coefficient (Wildman–Crippen LogP) is 3.21. The number of aromatic nitrogens is 3. The summed E-state index contributed by atoms with van der Waals surface area (Å²) in [6.45, 7) is 3.04. The van der Waals surface area contributed by atoms with Gasteiger partial charge in [-0.1, -0.05) is 0 Å². The minimum Gasteiger partial charge on any atom is -0.483 e. The van der Waals surface area contributed by atoms with E-state index in [1.54, 1.807) is 16.8 Å². The molecular weight excluding hydrogens is 378 g/mol. The molecule has 1 aromatic heterocycles. The number of hydrogen-bond donors (Lipinski definition) is 0. The quantitative estimate of drug-likeness (QED) is 0.738. The molecule has 19 heavy (non-hydrogen) atoms. The molecule has 0 aliphatic rings. The second-order valence-electron chi connectivity index (χ2n) is 3.71. The summed E-state index contributed by atoms with van der Waals surface area (Å²) in [4.78, 5) is 14.9. The zero-order valence-corrected chi connectivity index (χ0v) is 13.3. The third-order valence-electron chi connectivity index (χ3n) is 2.50. The average molecular weight is 389 g/mol. The molecule has 7 heteroatoms. The maximum atomic E-state index is 10.7. The zero-order chi connectivity index (χ0) is 13.8. The maximum Gasteiger partial charge on any atom is 0.164 e. The lowest BCUT2D eigenvalue weighted by atomic mass is 10.2. The number of rotatable bonds is 5. The summed E-state index contributed by atoms with van der Waals surface area (Å²) in [5.41, 5.74) is 0.572. The van der Waals surface area contributed by atoms with Crippen molar-refractivity contribution in [3.05, 3.63) is 38.8 Å². The lowest BCUT2D eigenvalue weighted by Gasteiger charge is -2.11. The summed E-state index contributed by atoms with van der Waals surface area (Å²) < 4.78 is 8.92. The molecule has 0 amide bonds. The van der Waals surface area contributed by atoms with Gasteiger partial charge in [0.15, 0.2) is 5.82 Å². The van der Waals surface area contributed by atoms with Crippen LogP contribution in [0.5, 0.6) is 5.75 Å². The number of carbonyl (C=O) groups excluding carboxylic acids is 1. The number of carbonyl (C=O) groups is 1. The lowest BCUT2D eigenvalue weighted by molar-refractivity contribution is 0.112. The molecule has 1 heterocycles. The van der Waals surface area contributed by atoms with E-state index in [0.29, 0.717) is 26.9 Å². The van der Waals surface area contributed by atoms with Gasteiger partial charge in [-0.25, -0.2) is 9.67 Å². The second kappa shape index (κ2) is 6.29. The van der Waals surface area contributed by atoms with Crippen molar-refractivity contribution in [3.8, 4) is 5.75 Å². The summed E-state index contributed by atoms with van der Waals surface area (Å²) in [5.74, 6) is 1.39. The molecule has 0 aliphatic carbocycles. The first-order chi connectivity index (χ1) is 9.15. The van der Waals surface area contributed by atoms with E-state index in [4.69, 9.17) is 4.74 Å². The van der Waals surface area contributed by atoms with E-state index in [0.717, 1.165) is 18.7 Å². The van der Waals surface area contributed by atoms with Gasteiger partial charge in [-0.05, 0) is 50.9 Å². The number of nitrogens with zero attached hydrogens (tertiary/aromatic N) is 3. The third kappa shape index (κ3) is 3.22. The second-order valence-corrected chi connectivity index (χ2v) is 5.42. The Morgan fingerprint density at radius 3 is 2.63 bits per heavy atom. The predicted molar refractivity (Wildman–Crippen MR) is 77.3 cm³/mol. The Morgan fingerprint density at radius 1 is 1.37 bits per heavy atom. The van der Waals surface area contributed by atoms with Crippen molar-refractivity contribution < 1.29 is 9.53 Å². The fourth-order valence-corrected chi connectivity index (χ4v) is 3.04. The van der Waals surface area contributed by atoms with Crippen LogP contribution in [-0.4, -0.2) is 21.1 Å². The molecular formula is C12H11Br2N3O2. The number of hydrogen-bond acceptors (Lipinski definition) is 4. The Kier molecular flexibility index (Phi) is 4.71. The summed E-state index contributed by atoms with van der Waals surface area (Å²) >= 11 is 6.76. The molecule has 1 aromatic carbocycles. The molecule has 0 fully saturated rings. The van der Waals surface area contributed by atoms with Crippen LogP contribution in [0.1, 0.15) is 23.1 Å². The molecule has 0 radical (unpaired) electrons. The topological polar surface area (TPSA) is 57.0 Å². The van der Waals surface area contributed by atoms with Gasteiger partial charge in [0.2, 0.25) is 0 Å². The van der Waals surface area contributed by atoms with Gasteiger partial charge in [0.05, 0.1) is 8.95 Å². The van der Waals surface area contributed by atoms with Gasteiger partial charge < -0.3 is 4.74 Å². The van der Waals surface area contributed by atoms with Gasteiger partial charge in [0.1, 0.15) is 25.0 Å². The molecule has 2 aromatic rings. The van der Waals surface area contributed by atoms with Crippen molar-refractivity contribution in [1.29, 1.82) is 0 Å². The Hall–Kier alpha value is -1.21. The highest BCUT2D eigenvalue weighted by Crippen LogP contribution is 2.34. The first-order valence-electron chi connectivity index (χ1n) is 5.59. The van der Waals surface area contributed by atoms with E-state index in [1.807, 2.05) is 6.92 Å². The van der Waals surface area contributed by atoms with E-state index < -0.39 is 0 Å². The van der Waals surface area contributed by atoms with Crippen molar-refractivity contribution in [2.24, 2.45) is 0 Å². The van der Waals surface area contributed by atoms with Crippen molar-refractivity contribution in [2.45, 2.75) is 20.1 Å². The van der Waals surface area contributed by atoms with Crippen LogP contribution in [-0.2, 0) is 13.2 Å². The van der Waals surface area contributed by atoms with Crippen LogP contribution in [0.3, 0.4) is 0 Å². The number of benzene rings is 1. The van der Waals surface area contributed by atoms with Crippen molar-refractivity contribution >= 4 is 38.1 Å². The highest BCUT2D eigenvalue weighted by molar-refractivity contribution is 9.11. The summed E-state index contributed by atoms with van der Waals surface area (Å²) in [5, 5.41) is 4.07. The monoisotopic (exact) mass is 387 g/mol.